The smallest absolute Gasteiger partial charge is 0.239 e. The van der Waals surface area contributed by atoms with Crippen LogP contribution in [0.3, 0.4) is 0 Å². The van der Waals surface area contributed by atoms with Crippen molar-refractivity contribution in [1.82, 2.24) is 16.0 Å². The van der Waals surface area contributed by atoms with Crippen LogP contribution in [0.25, 0.3) is 0 Å². The summed E-state index contributed by atoms with van der Waals surface area (Å²) in [7, 11) is 1.79. The van der Waals surface area contributed by atoms with Crippen LogP contribution in [0, 0.1) is 0 Å². The summed E-state index contributed by atoms with van der Waals surface area (Å²) >= 11 is 0. The molecular formula is C24H31N5O2. The molecular weight excluding hydrogens is 390 g/mol. The Morgan fingerprint density at radius 2 is 2.00 bits per heavy atom. The highest BCUT2D eigenvalue weighted by Gasteiger charge is 2.33. The number of carbonyl (C=O) groups excluding carboxylic acids is 1. The first kappa shape index (κ1) is 21.0. The molecule has 1 fully saturated rings. The molecule has 0 aromatic heterocycles. The first-order valence-electron chi connectivity index (χ1n) is 10.8. The minimum atomic E-state index is -0.244. The number of nitrogens with one attached hydrogen (secondary N) is 3. The number of fused-ring (bicyclic) bond motifs is 1. The summed E-state index contributed by atoms with van der Waals surface area (Å²) in [4.78, 5) is 18.1. The molecule has 4 rings (SSSR count). The fourth-order valence-electron chi connectivity index (χ4n) is 4.16. The number of rotatable bonds is 4. The minimum Gasteiger partial charge on any atom is -0.487 e. The monoisotopic (exact) mass is 421 g/mol. The van der Waals surface area contributed by atoms with E-state index in [1.807, 2.05) is 18.2 Å². The van der Waals surface area contributed by atoms with Crippen LogP contribution in [0.5, 0.6) is 5.75 Å². The number of anilines is 1. The van der Waals surface area contributed by atoms with E-state index >= 15 is 0 Å². The topological polar surface area (TPSA) is 78.0 Å². The quantitative estimate of drug-likeness (QED) is 0.523. The van der Waals surface area contributed by atoms with Gasteiger partial charge in [0.05, 0.1) is 12.6 Å². The maximum absolute atomic E-state index is 11.6. The Morgan fingerprint density at radius 1 is 1.23 bits per heavy atom. The molecule has 1 atom stereocenters. The van der Waals surface area contributed by atoms with Crippen LogP contribution < -0.4 is 25.6 Å². The number of hydrogen-bond acceptors (Lipinski definition) is 4. The summed E-state index contributed by atoms with van der Waals surface area (Å²) in [6, 6.07) is 16.6. The molecule has 0 aliphatic carbocycles. The third-order valence-electron chi connectivity index (χ3n) is 5.71. The maximum atomic E-state index is 11.6. The zero-order valence-electron chi connectivity index (χ0n) is 18.4. The number of guanidine groups is 1. The highest BCUT2D eigenvalue weighted by Crippen LogP contribution is 2.39. The number of para-hydroxylation sites is 1. The third-order valence-corrected chi connectivity index (χ3v) is 5.71. The van der Waals surface area contributed by atoms with Crippen molar-refractivity contribution in [2.24, 2.45) is 4.99 Å². The number of piperazine rings is 1. The third kappa shape index (κ3) is 5.10. The van der Waals surface area contributed by atoms with E-state index in [1.165, 1.54) is 0 Å². The van der Waals surface area contributed by atoms with Crippen molar-refractivity contribution < 1.29 is 9.53 Å². The molecule has 2 heterocycles. The van der Waals surface area contributed by atoms with Crippen LogP contribution in [0.2, 0.25) is 0 Å². The molecule has 1 saturated heterocycles. The molecule has 164 valence electrons. The van der Waals surface area contributed by atoms with Crippen LogP contribution in [-0.4, -0.2) is 44.1 Å². The predicted molar refractivity (Wildman–Crippen MR) is 124 cm³/mol. The van der Waals surface area contributed by atoms with Crippen molar-refractivity contribution in [2.75, 3.05) is 31.6 Å². The molecule has 2 aromatic carbocycles. The molecule has 31 heavy (non-hydrogen) atoms. The predicted octanol–water partition coefficient (Wildman–Crippen LogP) is 2.59. The van der Waals surface area contributed by atoms with Gasteiger partial charge in [-0.2, -0.15) is 0 Å². The standard InChI is InChI=1S/C24H31N5O2/c1-24(2)14-20(19-6-4-5-7-21(19)31-24)28-23(25-3)27-15-17-8-10-18(11-9-17)29-13-12-26-22(30)16-29/h4-11,20H,12-16H2,1-3H3,(H,26,30)(H2,25,27,28). The van der Waals surface area contributed by atoms with Gasteiger partial charge in [-0.3, -0.25) is 9.79 Å². The summed E-state index contributed by atoms with van der Waals surface area (Å²) in [5.74, 6) is 1.76. The van der Waals surface area contributed by atoms with Crippen LogP contribution in [0.4, 0.5) is 5.69 Å². The molecule has 3 N–H and O–H groups in total. The van der Waals surface area contributed by atoms with Crippen molar-refractivity contribution in [2.45, 2.75) is 38.5 Å². The number of amides is 1. The molecule has 2 aromatic rings. The average Bonchev–Trinajstić information content (AvgIpc) is 2.76. The fourth-order valence-corrected chi connectivity index (χ4v) is 4.16. The van der Waals surface area contributed by atoms with E-state index < -0.39 is 0 Å². The number of aliphatic imine (C=N–C) groups is 1. The zero-order valence-corrected chi connectivity index (χ0v) is 18.4. The van der Waals surface area contributed by atoms with Crippen molar-refractivity contribution >= 4 is 17.6 Å². The molecule has 0 saturated carbocycles. The average molecular weight is 422 g/mol. The van der Waals surface area contributed by atoms with Gasteiger partial charge in [-0.05, 0) is 37.6 Å². The fraction of sp³-hybridized carbons (Fsp3) is 0.417. The molecule has 0 spiro atoms. The number of ether oxygens (including phenoxy) is 1. The Labute approximate surface area is 183 Å². The Bertz CT molecular complexity index is 955. The van der Waals surface area contributed by atoms with E-state index in [0.29, 0.717) is 19.6 Å². The summed E-state index contributed by atoms with van der Waals surface area (Å²) in [5, 5.41) is 9.84. The Balaban J connectivity index is 1.37. The lowest BCUT2D eigenvalue weighted by Gasteiger charge is -2.38. The van der Waals surface area contributed by atoms with Gasteiger partial charge in [-0.25, -0.2) is 0 Å². The maximum Gasteiger partial charge on any atom is 0.239 e. The molecule has 7 nitrogen and oxygen atoms in total. The highest BCUT2D eigenvalue weighted by atomic mass is 16.5. The van der Waals surface area contributed by atoms with Gasteiger partial charge in [0, 0.05) is 44.4 Å². The lowest BCUT2D eigenvalue weighted by Crippen LogP contribution is -2.47. The van der Waals surface area contributed by atoms with Crippen LogP contribution >= 0.6 is 0 Å². The minimum absolute atomic E-state index is 0.0738. The Morgan fingerprint density at radius 3 is 2.74 bits per heavy atom. The van der Waals surface area contributed by atoms with Gasteiger partial charge in [0.25, 0.3) is 0 Å². The lowest BCUT2D eigenvalue weighted by molar-refractivity contribution is -0.120. The van der Waals surface area contributed by atoms with Crippen molar-refractivity contribution in [3.8, 4) is 5.75 Å². The highest BCUT2D eigenvalue weighted by molar-refractivity contribution is 5.82. The van der Waals surface area contributed by atoms with Crippen LogP contribution in [-0.2, 0) is 11.3 Å². The van der Waals surface area contributed by atoms with E-state index in [9.17, 15) is 4.79 Å². The molecule has 2 aliphatic rings. The number of nitrogens with zero attached hydrogens (tertiary/aromatic N) is 2. The van der Waals surface area contributed by atoms with E-state index in [-0.39, 0.29) is 17.6 Å². The molecule has 0 bridgehead atoms. The first-order chi connectivity index (χ1) is 14.9. The molecule has 1 unspecified atom stereocenters. The summed E-state index contributed by atoms with van der Waals surface area (Å²) in [5.41, 5.74) is 3.13. The van der Waals surface area contributed by atoms with E-state index in [4.69, 9.17) is 4.74 Å². The van der Waals surface area contributed by atoms with Gasteiger partial charge in [-0.1, -0.05) is 30.3 Å². The molecule has 1 amide bonds. The number of hydrogen-bond donors (Lipinski definition) is 3. The molecule has 2 aliphatic heterocycles. The number of benzene rings is 2. The summed E-state index contributed by atoms with van der Waals surface area (Å²) in [6.45, 7) is 6.83. The van der Waals surface area contributed by atoms with E-state index in [2.05, 4.69) is 70.0 Å². The Hall–Kier alpha value is -3.22. The normalized spacial score (nSPS) is 20.4. The molecule has 7 heteroatoms. The second-order valence-electron chi connectivity index (χ2n) is 8.66. The number of carbonyl (C=O) groups is 1. The van der Waals surface area contributed by atoms with Gasteiger partial charge in [0.2, 0.25) is 5.91 Å². The van der Waals surface area contributed by atoms with Crippen molar-refractivity contribution in [3.05, 3.63) is 59.7 Å². The van der Waals surface area contributed by atoms with E-state index in [1.54, 1.807) is 7.05 Å². The van der Waals surface area contributed by atoms with Crippen molar-refractivity contribution in [1.29, 1.82) is 0 Å². The second-order valence-corrected chi connectivity index (χ2v) is 8.66. The lowest BCUT2D eigenvalue weighted by atomic mass is 9.90. The van der Waals surface area contributed by atoms with Gasteiger partial charge in [0.15, 0.2) is 5.96 Å². The van der Waals surface area contributed by atoms with Gasteiger partial charge in [0.1, 0.15) is 11.4 Å². The summed E-state index contributed by atoms with van der Waals surface area (Å²) in [6.07, 6.45) is 0.850. The molecule has 0 radical (unpaired) electrons. The summed E-state index contributed by atoms with van der Waals surface area (Å²) < 4.78 is 6.13. The van der Waals surface area contributed by atoms with Crippen LogP contribution in [0.1, 0.15) is 37.4 Å². The SMILES string of the molecule is CN=C(NCc1ccc(N2CCNC(=O)C2)cc1)NC1CC(C)(C)Oc2ccccc21. The Kier molecular flexibility index (Phi) is 6.02. The van der Waals surface area contributed by atoms with E-state index in [0.717, 1.165) is 41.5 Å². The largest absolute Gasteiger partial charge is 0.487 e. The van der Waals surface area contributed by atoms with Gasteiger partial charge in [-0.15, -0.1) is 0 Å². The zero-order chi connectivity index (χ0) is 21.8. The first-order valence-corrected chi connectivity index (χ1v) is 10.8. The van der Waals surface area contributed by atoms with Crippen LogP contribution in [0.15, 0.2) is 53.5 Å². The van der Waals surface area contributed by atoms with Gasteiger partial charge >= 0.3 is 0 Å². The van der Waals surface area contributed by atoms with Crippen molar-refractivity contribution in [3.63, 3.8) is 0 Å². The second kappa shape index (κ2) is 8.88. The van der Waals surface area contributed by atoms with Gasteiger partial charge < -0.3 is 25.6 Å².